The molecule has 0 aromatic heterocycles. The predicted octanol–water partition coefficient (Wildman–Crippen LogP) is 4.44. The Labute approximate surface area is 214 Å². The Morgan fingerprint density at radius 1 is 1.25 bits per heavy atom. The van der Waals surface area contributed by atoms with Crippen LogP contribution in [-0.4, -0.2) is 72.1 Å². The second-order valence-corrected chi connectivity index (χ2v) is 10.1. The molecule has 36 heavy (non-hydrogen) atoms. The lowest BCUT2D eigenvalue weighted by molar-refractivity contribution is -0.144. The first-order valence-corrected chi connectivity index (χ1v) is 12.3. The predicted molar refractivity (Wildman–Crippen MR) is 130 cm³/mol. The summed E-state index contributed by atoms with van der Waals surface area (Å²) in [5.41, 5.74) is -1.51. The van der Waals surface area contributed by atoms with Crippen molar-refractivity contribution in [3.05, 3.63) is 28.8 Å². The van der Waals surface area contributed by atoms with E-state index in [0.29, 0.717) is 25.9 Å². The highest BCUT2D eigenvalue weighted by Gasteiger charge is 2.33. The molecule has 204 valence electrons. The Kier molecular flexibility index (Phi) is 10.7. The Morgan fingerprint density at radius 3 is 2.56 bits per heavy atom. The lowest BCUT2D eigenvalue weighted by atomic mass is 10.0. The monoisotopic (exact) mass is 537 g/mol. The maximum absolute atomic E-state index is 13.1. The van der Waals surface area contributed by atoms with Crippen molar-refractivity contribution in [2.45, 2.75) is 76.9 Å². The minimum absolute atomic E-state index is 0.0524. The second kappa shape index (κ2) is 12.8. The number of aliphatic hydroxyl groups excluding tert-OH is 1. The van der Waals surface area contributed by atoms with Gasteiger partial charge in [0.25, 0.3) is 0 Å². The number of likely N-dealkylation sites (tertiary alicyclic amines) is 1. The molecule has 1 amide bonds. The van der Waals surface area contributed by atoms with Crippen molar-refractivity contribution < 1.29 is 37.3 Å². The van der Waals surface area contributed by atoms with Gasteiger partial charge >= 0.3 is 18.2 Å². The third kappa shape index (κ3) is 9.67. The number of benzene rings is 1. The van der Waals surface area contributed by atoms with E-state index in [0.717, 1.165) is 12.1 Å². The molecule has 0 bridgehead atoms. The number of hydrogen-bond acceptors (Lipinski definition) is 7. The molecule has 0 spiro atoms. The maximum Gasteiger partial charge on any atom is 0.416 e. The number of hydrogen-bond donors (Lipinski definition) is 3. The number of esters is 1. The van der Waals surface area contributed by atoms with Gasteiger partial charge in [-0.3, -0.25) is 0 Å². The normalized spacial score (nSPS) is 19.5. The number of carbonyl (C=O) groups is 2. The zero-order chi connectivity index (χ0) is 27.1. The molecule has 1 aromatic carbocycles. The van der Waals surface area contributed by atoms with Crippen LogP contribution in [0.4, 0.5) is 23.7 Å². The first-order valence-electron chi connectivity index (χ1n) is 11.9. The Balaban J connectivity index is 1.96. The minimum Gasteiger partial charge on any atom is -0.464 e. The van der Waals surface area contributed by atoms with Gasteiger partial charge in [-0.1, -0.05) is 11.6 Å². The Bertz CT molecular complexity index is 895. The van der Waals surface area contributed by atoms with Crippen LogP contribution in [0.15, 0.2) is 18.2 Å². The van der Waals surface area contributed by atoms with Crippen LogP contribution in [0.25, 0.3) is 0 Å². The second-order valence-electron chi connectivity index (χ2n) is 9.66. The van der Waals surface area contributed by atoms with Crippen molar-refractivity contribution in [1.29, 1.82) is 0 Å². The summed E-state index contributed by atoms with van der Waals surface area (Å²) in [4.78, 5) is 26.3. The SMILES string of the molecule is CCOC(=O)[C@@H](CCCN[C@H]1CN(C(=O)OC(C)(C)C)CC[C@@H]1O)Nc1cc(Cl)cc(C(F)(F)F)c1. The standard InChI is InChI=1S/C24H35ClF3N3O5/c1-5-35-21(33)18(30-17-12-15(24(26,27)28)11-16(25)13-17)7-6-9-29-19-14-31(10-8-20(19)32)22(34)36-23(2,3)4/h11-13,18-20,29-30,32H,5-10,14H2,1-4H3/t18-,19+,20+/m1/s1. The quantitative estimate of drug-likeness (QED) is 0.316. The van der Waals surface area contributed by atoms with E-state index >= 15 is 0 Å². The highest BCUT2D eigenvalue weighted by atomic mass is 35.5. The third-order valence-electron chi connectivity index (χ3n) is 5.44. The zero-order valence-corrected chi connectivity index (χ0v) is 21.7. The average molecular weight is 538 g/mol. The number of carbonyl (C=O) groups excluding carboxylic acids is 2. The molecule has 2 rings (SSSR count). The van der Waals surface area contributed by atoms with Gasteiger partial charge < -0.3 is 30.1 Å². The molecule has 1 aliphatic rings. The number of ether oxygens (including phenoxy) is 2. The number of rotatable bonds is 9. The number of aliphatic hydroxyl groups is 1. The average Bonchev–Trinajstić information content (AvgIpc) is 2.74. The van der Waals surface area contributed by atoms with Crippen LogP contribution >= 0.6 is 11.6 Å². The summed E-state index contributed by atoms with van der Waals surface area (Å²) in [5.74, 6) is -0.597. The van der Waals surface area contributed by atoms with Crippen molar-refractivity contribution in [1.82, 2.24) is 10.2 Å². The molecule has 1 aromatic rings. The molecular formula is C24H35ClF3N3O5. The fourth-order valence-electron chi connectivity index (χ4n) is 3.76. The third-order valence-corrected chi connectivity index (χ3v) is 5.66. The van der Waals surface area contributed by atoms with Crippen LogP contribution < -0.4 is 10.6 Å². The van der Waals surface area contributed by atoms with Crippen LogP contribution in [0.3, 0.4) is 0 Å². The number of halogens is 4. The maximum atomic E-state index is 13.1. The lowest BCUT2D eigenvalue weighted by Crippen LogP contribution is -2.56. The number of piperidine rings is 1. The first kappa shape index (κ1) is 30.0. The zero-order valence-electron chi connectivity index (χ0n) is 21.0. The number of anilines is 1. The van der Waals surface area contributed by atoms with Crippen molar-refractivity contribution in [3.63, 3.8) is 0 Å². The van der Waals surface area contributed by atoms with Gasteiger partial charge in [-0.15, -0.1) is 0 Å². The molecule has 0 unspecified atom stereocenters. The molecule has 0 radical (unpaired) electrons. The summed E-state index contributed by atoms with van der Waals surface area (Å²) in [6.45, 7) is 8.13. The lowest BCUT2D eigenvalue weighted by Gasteiger charge is -2.37. The molecule has 3 N–H and O–H groups in total. The van der Waals surface area contributed by atoms with E-state index in [1.165, 1.54) is 11.0 Å². The highest BCUT2D eigenvalue weighted by molar-refractivity contribution is 6.31. The van der Waals surface area contributed by atoms with Crippen molar-refractivity contribution >= 4 is 29.4 Å². The van der Waals surface area contributed by atoms with Crippen molar-refractivity contribution in [2.24, 2.45) is 0 Å². The van der Waals surface area contributed by atoms with Gasteiger partial charge in [0.1, 0.15) is 11.6 Å². The highest BCUT2D eigenvalue weighted by Crippen LogP contribution is 2.33. The van der Waals surface area contributed by atoms with E-state index in [1.54, 1.807) is 27.7 Å². The topological polar surface area (TPSA) is 100 Å². The first-order chi connectivity index (χ1) is 16.7. The summed E-state index contributed by atoms with van der Waals surface area (Å²) in [5, 5.41) is 16.2. The largest absolute Gasteiger partial charge is 0.464 e. The van der Waals surface area contributed by atoms with E-state index < -0.39 is 41.5 Å². The molecule has 12 heteroatoms. The molecular weight excluding hydrogens is 503 g/mol. The number of alkyl halides is 3. The van der Waals surface area contributed by atoms with Gasteiger partial charge in [0.2, 0.25) is 0 Å². The van der Waals surface area contributed by atoms with E-state index in [2.05, 4.69) is 10.6 Å². The molecule has 0 saturated carbocycles. The van der Waals surface area contributed by atoms with E-state index in [9.17, 15) is 27.9 Å². The van der Waals surface area contributed by atoms with E-state index in [1.807, 2.05) is 0 Å². The molecule has 8 nitrogen and oxygen atoms in total. The smallest absolute Gasteiger partial charge is 0.416 e. The van der Waals surface area contributed by atoms with Gasteiger partial charge in [0.05, 0.1) is 24.3 Å². The molecule has 3 atom stereocenters. The summed E-state index contributed by atoms with van der Waals surface area (Å²) < 4.78 is 49.9. The molecule has 0 aliphatic carbocycles. The van der Waals surface area contributed by atoms with Gasteiger partial charge in [-0.25, -0.2) is 9.59 Å². The molecule has 1 fully saturated rings. The Morgan fingerprint density at radius 2 is 1.94 bits per heavy atom. The van der Waals surface area contributed by atoms with Gasteiger partial charge in [0, 0.05) is 23.8 Å². The fourth-order valence-corrected chi connectivity index (χ4v) is 3.99. The molecule has 1 heterocycles. The molecule has 1 aliphatic heterocycles. The van der Waals surface area contributed by atoms with Gasteiger partial charge in [-0.2, -0.15) is 13.2 Å². The summed E-state index contributed by atoms with van der Waals surface area (Å²) in [6.07, 6.45) is -4.61. The van der Waals surface area contributed by atoms with Crippen LogP contribution in [0.2, 0.25) is 5.02 Å². The number of nitrogens with zero attached hydrogens (tertiary/aromatic N) is 1. The van der Waals surface area contributed by atoms with Gasteiger partial charge in [0.15, 0.2) is 0 Å². The summed E-state index contributed by atoms with van der Waals surface area (Å²) >= 11 is 5.85. The number of amides is 1. The van der Waals surface area contributed by atoms with Crippen LogP contribution in [0, 0.1) is 0 Å². The number of nitrogens with one attached hydrogen (secondary N) is 2. The Hall–Kier alpha value is -2.24. The summed E-state index contributed by atoms with van der Waals surface area (Å²) in [6, 6.07) is 1.72. The molecule has 1 saturated heterocycles. The minimum atomic E-state index is -4.58. The van der Waals surface area contributed by atoms with Crippen molar-refractivity contribution in [2.75, 3.05) is 31.6 Å². The van der Waals surface area contributed by atoms with E-state index in [-0.39, 0.29) is 36.3 Å². The van der Waals surface area contributed by atoms with Crippen LogP contribution in [0.1, 0.15) is 52.5 Å². The van der Waals surface area contributed by atoms with Crippen molar-refractivity contribution in [3.8, 4) is 0 Å². The van der Waals surface area contributed by atoms with Crippen LogP contribution in [-0.2, 0) is 20.4 Å². The van der Waals surface area contributed by atoms with E-state index in [4.69, 9.17) is 21.1 Å². The van der Waals surface area contributed by atoms with Gasteiger partial charge in [-0.05, 0) is 71.7 Å². The fraction of sp³-hybridized carbons (Fsp3) is 0.667. The van der Waals surface area contributed by atoms with Crippen LogP contribution in [0.5, 0.6) is 0 Å². The summed E-state index contributed by atoms with van der Waals surface area (Å²) in [7, 11) is 0.